The number of rotatable bonds is 15. The second kappa shape index (κ2) is 12.6. The molecule has 5 nitrogen and oxygen atoms in total. The van der Waals surface area contributed by atoms with Crippen molar-refractivity contribution in [2.75, 3.05) is 13.2 Å². The van der Waals surface area contributed by atoms with Gasteiger partial charge in [-0.05, 0) is 45.7 Å². The number of hydrogen-bond acceptors (Lipinski definition) is 5. The number of alkyl halides is 11. The van der Waals surface area contributed by atoms with E-state index < -0.39 is 79.4 Å². The highest BCUT2D eigenvalue weighted by Gasteiger charge is 2.78. The molecular weight excluding hydrogens is 581 g/mol. The molecule has 0 aromatic carbocycles. The van der Waals surface area contributed by atoms with Gasteiger partial charge in [0.05, 0.1) is 0 Å². The van der Waals surface area contributed by atoms with E-state index in [9.17, 15) is 48.3 Å². The fourth-order valence-corrected chi connectivity index (χ4v) is 15.3. The van der Waals surface area contributed by atoms with Crippen LogP contribution in [0.1, 0.15) is 6.42 Å². The molecule has 0 amide bonds. The first-order valence-corrected chi connectivity index (χ1v) is 20.6. The normalized spacial score (nSPS) is 16.5. The number of ether oxygens (including phenoxy) is 2. The molecule has 0 spiro atoms. The van der Waals surface area contributed by atoms with E-state index in [1.54, 1.807) is 0 Å². The molecule has 0 fully saturated rings. The molecule has 0 saturated carbocycles. The summed E-state index contributed by atoms with van der Waals surface area (Å²) in [7, 11) is -8.50. The highest BCUT2D eigenvalue weighted by atomic mass is 28.5. The van der Waals surface area contributed by atoms with Crippen LogP contribution >= 0.6 is 0 Å². The summed E-state index contributed by atoms with van der Waals surface area (Å²) in [5.74, 6) is -12.8. The van der Waals surface area contributed by atoms with Gasteiger partial charge < -0.3 is 17.1 Å². The third-order valence-corrected chi connectivity index (χ3v) is 14.7. The van der Waals surface area contributed by atoms with Crippen LogP contribution in [-0.2, 0) is 21.8 Å². The molecule has 35 heavy (non-hydrogen) atoms. The van der Waals surface area contributed by atoms with E-state index in [1.165, 1.54) is 0 Å². The first kappa shape index (κ1) is 34.9. The average molecular weight is 611 g/mol. The lowest BCUT2D eigenvalue weighted by Gasteiger charge is -2.36. The van der Waals surface area contributed by atoms with E-state index in [4.69, 9.17) is 12.3 Å². The third-order valence-electron chi connectivity index (χ3n) is 3.74. The first-order valence-electron chi connectivity index (χ1n) is 10.3. The lowest BCUT2D eigenvalue weighted by molar-refractivity contribution is -0.486. The molecule has 1 atom stereocenters. The summed E-state index contributed by atoms with van der Waals surface area (Å²) >= 11 is 0. The molecule has 0 saturated heterocycles. The minimum atomic E-state index is -7.11. The van der Waals surface area contributed by atoms with Crippen LogP contribution in [0.4, 0.5) is 48.3 Å². The maximum absolute atomic E-state index is 14.2. The molecule has 0 aliphatic heterocycles. The minimum absolute atomic E-state index is 0.0169. The van der Waals surface area contributed by atoms with Gasteiger partial charge in [0, 0.05) is 12.7 Å². The standard InChI is InChI=1S/C15H29F11O5Si4/c1-32(2)29-35(30-33(3)4,31-34(5)6)9-7-8-27-10-11(16,13(19,20)21)28-15(25,26)12(17,18)14(22,23)24/h32-34H,7-10H2,1-6H3. The van der Waals surface area contributed by atoms with Crippen LogP contribution in [0.2, 0.25) is 45.3 Å². The highest BCUT2D eigenvalue weighted by molar-refractivity contribution is 6.79. The van der Waals surface area contributed by atoms with Gasteiger partial charge in [-0.1, -0.05) is 0 Å². The number of hydrogen-bond donors (Lipinski definition) is 0. The summed E-state index contributed by atoms with van der Waals surface area (Å²) in [6.07, 6.45) is -20.5. The molecule has 0 aromatic rings. The molecule has 0 aliphatic carbocycles. The van der Waals surface area contributed by atoms with Crippen LogP contribution in [0.15, 0.2) is 0 Å². The van der Waals surface area contributed by atoms with Crippen molar-refractivity contribution in [1.29, 1.82) is 0 Å². The summed E-state index contributed by atoms with van der Waals surface area (Å²) < 4.78 is 167. The quantitative estimate of drug-likeness (QED) is 0.142. The largest absolute Gasteiger partial charge is 0.469 e. The predicted octanol–water partition coefficient (Wildman–Crippen LogP) is 5.37. The van der Waals surface area contributed by atoms with Gasteiger partial charge in [-0.25, -0.2) is 0 Å². The highest BCUT2D eigenvalue weighted by Crippen LogP contribution is 2.51. The fourth-order valence-electron chi connectivity index (χ4n) is 2.53. The fraction of sp³-hybridized carbons (Fsp3) is 1.00. The lowest BCUT2D eigenvalue weighted by atomic mass is 10.2. The summed E-state index contributed by atoms with van der Waals surface area (Å²) in [6.45, 7) is 7.78. The van der Waals surface area contributed by atoms with E-state index >= 15 is 0 Å². The van der Waals surface area contributed by atoms with Crippen molar-refractivity contribution in [2.24, 2.45) is 0 Å². The van der Waals surface area contributed by atoms with E-state index in [2.05, 4.69) is 9.47 Å². The Bertz CT molecular complexity index is 623. The van der Waals surface area contributed by atoms with Gasteiger partial charge in [0.2, 0.25) is 0 Å². The van der Waals surface area contributed by atoms with Crippen molar-refractivity contribution in [2.45, 2.75) is 82.0 Å². The van der Waals surface area contributed by atoms with Gasteiger partial charge in [0.25, 0.3) is 0 Å². The topological polar surface area (TPSA) is 46.2 Å². The molecule has 0 aliphatic rings. The Morgan fingerprint density at radius 1 is 0.629 bits per heavy atom. The molecule has 0 bridgehead atoms. The summed E-state index contributed by atoms with van der Waals surface area (Å²) in [4.78, 5) is 0. The maximum atomic E-state index is 14.2. The van der Waals surface area contributed by atoms with Gasteiger partial charge in [-0.15, -0.1) is 0 Å². The van der Waals surface area contributed by atoms with Gasteiger partial charge in [0.15, 0.2) is 27.1 Å². The van der Waals surface area contributed by atoms with E-state index in [-0.39, 0.29) is 12.5 Å². The Hall–Kier alpha value is -0.102. The zero-order valence-electron chi connectivity index (χ0n) is 19.8. The molecule has 20 heteroatoms. The minimum Gasteiger partial charge on any atom is -0.420 e. The second-order valence-electron chi connectivity index (χ2n) is 8.26. The van der Waals surface area contributed by atoms with Crippen molar-refractivity contribution in [3.05, 3.63) is 0 Å². The molecule has 1 unspecified atom stereocenters. The molecule has 0 rings (SSSR count). The zero-order chi connectivity index (χ0) is 28.1. The smallest absolute Gasteiger partial charge is 0.420 e. The van der Waals surface area contributed by atoms with Gasteiger partial charge in [-0.3, -0.25) is 4.74 Å². The molecule has 212 valence electrons. The number of halogens is 11. The zero-order valence-corrected chi connectivity index (χ0v) is 24.2. The Kier molecular flexibility index (Phi) is 12.6. The van der Waals surface area contributed by atoms with Crippen molar-refractivity contribution < 1.29 is 70.1 Å². The van der Waals surface area contributed by atoms with Crippen LogP contribution in [0.5, 0.6) is 0 Å². The first-order chi connectivity index (χ1) is 15.4. The SMILES string of the molecule is C[SiH](C)O[Si](CCCOCC(F)(OC(F)(F)C(F)(F)C(F)(F)F)C(F)(F)F)(O[SiH](C)C)O[SiH](C)C. The Labute approximate surface area is 201 Å². The van der Waals surface area contributed by atoms with Gasteiger partial charge in [-0.2, -0.15) is 48.3 Å². The molecule has 0 radical (unpaired) electrons. The Morgan fingerprint density at radius 3 is 1.34 bits per heavy atom. The van der Waals surface area contributed by atoms with Crippen LogP contribution in [0.25, 0.3) is 0 Å². The van der Waals surface area contributed by atoms with Crippen molar-refractivity contribution in [3.8, 4) is 0 Å². The predicted molar refractivity (Wildman–Crippen MR) is 113 cm³/mol. The van der Waals surface area contributed by atoms with E-state index in [1.807, 2.05) is 39.3 Å². The summed E-state index contributed by atoms with van der Waals surface area (Å²) in [5, 5.41) is 0. The Balaban J connectivity index is 5.46. The lowest BCUT2D eigenvalue weighted by Crippen LogP contribution is -2.60. The molecular formula is C15H29F11O5Si4. The third kappa shape index (κ3) is 10.3. The van der Waals surface area contributed by atoms with Crippen LogP contribution in [-0.4, -0.2) is 79.4 Å². The van der Waals surface area contributed by atoms with Crippen molar-refractivity contribution in [1.82, 2.24) is 0 Å². The van der Waals surface area contributed by atoms with E-state index in [0.717, 1.165) is 0 Å². The van der Waals surface area contributed by atoms with Crippen molar-refractivity contribution >= 4 is 35.9 Å². The van der Waals surface area contributed by atoms with Crippen LogP contribution in [0.3, 0.4) is 0 Å². The Morgan fingerprint density at radius 2 is 1.03 bits per heavy atom. The van der Waals surface area contributed by atoms with Crippen LogP contribution < -0.4 is 0 Å². The maximum Gasteiger partial charge on any atom is 0.469 e. The summed E-state index contributed by atoms with van der Waals surface area (Å²) in [5.41, 5.74) is 0. The molecule has 0 aromatic heterocycles. The van der Waals surface area contributed by atoms with Gasteiger partial charge >= 0.3 is 39.0 Å². The summed E-state index contributed by atoms with van der Waals surface area (Å²) in [6, 6.07) is 0.0169. The van der Waals surface area contributed by atoms with Gasteiger partial charge in [0.1, 0.15) is 6.61 Å². The molecule has 0 heterocycles. The second-order valence-corrected chi connectivity index (χ2v) is 19.2. The van der Waals surface area contributed by atoms with Crippen LogP contribution in [0, 0.1) is 0 Å². The molecule has 0 N–H and O–H groups in total. The monoisotopic (exact) mass is 610 g/mol. The average Bonchev–Trinajstić information content (AvgIpc) is 2.56. The van der Waals surface area contributed by atoms with E-state index in [0.29, 0.717) is 0 Å². The van der Waals surface area contributed by atoms with Crippen molar-refractivity contribution in [3.63, 3.8) is 0 Å².